The molecule has 0 bridgehead atoms. The van der Waals surface area contributed by atoms with Gasteiger partial charge in [0.25, 0.3) is 5.91 Å². The van der Waals surface area contributed by atoms with E-state index in [-0.39, 0.29) is 17.4 Å². The van der Waals surface area contributed by atoms with Gasteiger partial charge in [-0.25, -0.2) is 8.78 Å². The van der Waals surface area contributed by atoms with Crippen LogP contribution in [0.2, 0.25) is 0 Å². The van der Waals surface area contributed by atoms with Crippen molar-refractivity contribution in [1.82, 2.24) is 9.80 Å². The van der Waals surface area contributed by atoms with E-state index in [1.54, 1.807) is 11.0 Å². The van der Waals surface area contributed by atoms with E-state index in [0.717, 1.165) is 22.2 Å². The summed E-state index contributed by atoms with van der Waals surface area (Å²) in [6.07, 6.45) is 3.25. The summed E-state index contributed by atoms with van der Waals surface area (Å²) < 4.78 is 27.3. The van der Waals surface area contributed by atoms with Crippen molar-refractivity contribution in [2.45, 2.75) is 0 Å². The van der Waals surface area contributed by atoms with Gasteiger partial charge in [-0.2, -0.15) is 0 Å². The molecule has 0 aliphatic carbocycles. The molecular formula is C20H17BrF2N2O2. The van der Waals surface area contributed by atoms with Gasteiger partial charge in [0, 0.05) is 42.3 Å². The number of amides is 2. The molecule has 0 saturated carbocycles. The first kappa shape index (κ1) is 19.2. The van der Waals surface area contributed by atoms with E-state index < -0.39 is 11.6 Å². The van der Waals surface area contributed by atoms with E-state index in [9.17, 15) is 18.4 Å². The van der Waals surface area contributed by atoms with Crippen LogP contribution in [0, 0.1) is 11.6 Å². The summed E-state index contributed by atoms with van der Waals surface area (Å²) >= 11 is 3.38. The Hall–Kier alpha value is -2.54. The number of carbonyl (C=O) groups excluding carboxylic acids is 2. The number of carbonyl (C=O) groups is 2. The van der Waals surface area contributed by atoms with Gasteiger partial charge in [0.1, 0.15) is 0 Å². The number of hydrogen-bond donors (Lipinski definition) is 0. The van der Waals surface area contributed by atoms with Crippen molar-refractivity contribution in [2.24, 2.45) is 0 Å². The van der Waals surface area contributed by atoms with Gasteiger partial charge in [0.05, 0.1) is 0 Å². The van der Waals surface area contributed by atoms with Gasteiger partial charge in [-0.3, -0.25) is 9.59 Å². The molecule has 3 rings (SSSR count). The van der Waals surface area contributed by atoms with Gasteiger partial charge in [-0.05, 0) is 42.0 Å². The Morgan fingerprint density at radius 1 is 0.926 bits per heavy atom. The van der Waals surface area contributed by atoms with Crippen molar-refractivity contribution >= 4 is 33.8 Å². The number of halogens is 3. The standard InChI is InChI=1S/C20H17BrF2N2O2/c21-16-3-1-2-14(12-16)4-7-19(26)24-8-10-25(11-9-24)20(27)15-5-6-17(22)18(23)13-15/h1-7,12-13H,8-11H2/b7-4+. The number of hydrogen-bond acceptors (Lipinski definition) is 2. The normalized spacial score (nSPS) is 14.6. The van der Waals surface area contributed by atoms with Gasteiger partial charge >= 0.3 is 0 Å². The molecule has 4 nitrogen and oxygen atoms in total. The maximum absolute atomic E-state index is 13.3. The number of piperazine rings is 1. The van der Waals surface area contributed by atoms with Crippen LogP contribution in [-0.4, -0.2) is 47.8 Å². The summed E-state index contributed by atoms with van der Waals surface area (Å²) in [5, 5.41) is 0. The lowest BCUT2D eigenvalue weighted by atomic mass is 10.1. The summed E-state index contributed by atoms with van der Waals surface area (Å²) in [5.41, 5.74) is 1.01. The molecule has 2 amide bonds. The zero-order valence-electron chi connectivity index (χ0n) is 14.4. The maximum Gasteiger partial charge on any atom is 0.254 e. The molecule has 7 heteroatoms. The Labute approximate surface area is 164 Å². The summed E-state index contributed by atoms with van der Waals surface area (Å²) in [4.78, 5) is 27.9. The minimum absolute atomic E-state index is 0.100. The van der Waals surface area contributed by atoms with Gasteiger partial charge in [-0.15, -0.1) is 0 Å². The Morgan fingerprint density at radius 3 is 2.30 bits per heavy atom. The van der Waals surface area contributed by atoms with Crippen LogP contribution in [0.4, 0.5) is 8.78 Å². The zero-order chi connectivity index (χ0) is 19.4. The molecular weight excluding hydrogens is 418 g/mol. The SMILES string of the molecule is O=C(/C=C/c1cccc(Br)c1)N1CCN(C(=O)c2ccc(F)c(F)c2)CC1. The minimum atomic E-state index is -1.05. The topological polar surface area (TPSA) is 40.6 Å². The largest absolute Gasteiger partial charge is 0.336 e. The lowest BCUT2D eigenvalue weighted by molar-refractivity contribution is -0.127. The average molecular weight is 435 g/mol. The van der Waals surface area contributed by atoms with Crippen LogP contribution in [0.15, 0.2) is 53.0 Å². The first-order chi connectivity index (χ1) is 12.9. The predicted molar refractivity (Wildman–Crippen MR) is 102 cm³/mol. The molecule has 0 spiro atoms. The van der Waals surface area contributed by atoms with Gasteiger partial charge in [0.2, 0.25) is 5.91 Å². The molecule has 2 aromatic carbocycles. The first-order valence-electron chi connectivity index (χ1n) is 8.41. The van der Waals surface area contributed by atoms with E-state index in [0.29, 0.717) is 26.2 Å². The van der Waals surface area contributed by atoms with Gasteiger partial charge in [0.15, 0.2) is 11.6 Å². The molecule has 0 unspecified atom stereocenters. The van der Waals surface area contributed by atoms with E-state index in [1.165, 1.54) is 17.0 Å². The third-order valence-corrected chi connectivity index (χ3v) is 4.81. The highest BCUT2D eigenvalue weighted by Gasteiger charge is 2.24. The van der Waals surface area contributed by atoms with Crippen molar-refractivity contribution in [3.63, 3.8) is 0 Å². The monoisotopic (exact) mass is 434 g/mol. The van der Waals surface area contributed by atoms with Crippen LogP contribution in [0.25, 0.3) is 6.08 Å². The third kappa shape index (κ3) is 4.80. The van der Waals surface area contributed by atoms with Crippen LogP contribution >= 0.6 is 15.9 Å². The highest BCUT2D eigenvalue weighted by molar-refractivity contribution is 9.10. The summed E-state index contributed by atoms with van der Waals surface area (Å²) in [5.74, 6) is -2.54. The van der Waals surface area contributed by atoms with E-state index >= 15 is 0 Å². The predicted octanol–water partition coefficient (Wildman–Crippen LogP) is 3.73. The van der Waals surface area contributed by atoms with Crippen LogP contribution in [0.3, 0.4) is 0 Å². The number of benzene rings is 2. The van der Waals surface area contributed by atoms with Gasteiger partial charge < -0.3 is 9.80 Å². The molecule has 27 heavy (non-hydrogen) atoms. The second-order valence-corrected chi connectivity index (χ2v) is 7.05. The lowest BCUT2D eigenvalue weighted by Crippen LogP contribution is -2.50. The Balaban J connectivity index is 1.57. The summed E-state index contributed by atoms with van der Waals surface area (Å²) in [6.45, 7) is 1.46. The van der Waals surface area contributed by atoms with Crippen LogP contribution < -0.4 is 0 Å². The first-order valence-corrected chi connectivity index (χ1v) is 9.20. The maximum atomic E-state index is 13.3. The smallest absolute Gasteiger partial charge is 0.254 e. The van der Waals surface area contributed by atoms with Crippen molar-refractivity contribution in [2.75, 3.05) is 26.2 Å². The Morgan fingerprint density at radius 2 is 1.63 bits per heavy atom. The molecule has 1 heterocycles. The van der Waals surface area contributed by atoms with Crippen molar-refractivity contribution in [3.05, 3.63) is 75.8 Å². The molecule has 0 radical (unpaired) electrons. The quantitative estimate of drug-likeness (QED) is 0.690. The highest BCUT2D eigenvalue weighted by Crippen LogP contribution is 2.15. The summed E-state index contributed by atoms with van der Waals surface area (Å²) in [7, 11) is 0. The molecule has 2 aromatic rings. The summed E-state index contributed by atoms with van der Waals surface area (Å²) in [6, 6.07) is 10.7. The average Bonchev–Trinajstić information content (AvgIpc) is 2.68. The lowest BCUT2D eigenvalue weighted by Gasteiger charge is -2.34. The Kier molecular flexibility index (Phi) is 6.01. The second-order valence-electron chi connectivity index (χ2n) is 6.13. The molecule has 140 valence electrons. The van der Waals surface area contributed by atoms with Crippen LogP contribution in [0.1, 0.15) is 15.9 Å². The number of nitrogens with zero attached hydrogens (tertiary/aromatic N) is 2. The van der Waals surface area contributed by atoms with E-state index in [1.807, 2.05) is 24.3 Å². The fourth-order valence-electron chi connectivity index (χ4n) is 2.82. The molecule has 1 aliphatic heterocycles. The minimum Gasteiger partial charge on any atom is -0.336 e. The van der Waals surface area contributed by atoms with Crippen molar-refractivity contribution in [1.29, 1.82) is 0 Å². The van der Waals surface area contributed by atoms with Crippen molar-refractivity contribution < 1.29 is 18.4 Å². The molecule has 0 atom stereocenters. The van der Waals surface area contributed by atoms with E-state index in [2.05, 4.69) is 15.9 Å². The van der Waals surface area contributed by atoms with E-state index in [4.69, 9.17) is 0 Å². The molecule has 1 aliphatic rings. The Bertz CT molecular complexity index is 893. The molecule has 1 fully saturated rings. The zero-order valence-corrected chi connectivity index (χ0v) is 16.0. The van der Waals surface area contributed by atoms with Crippen LogP contribution in [-0.2, 0) is 4.79 Å². The van der Waals surface area contributed by atoms with Crippen molar-refractivity contribution in [3.8, 4) is 0 Å². The fourth-order valence-corrected chi connectivity index (χ4v) is 3.24. The molecule has 0 aromatic heterocycles. The third-order valence-electron chi connectivity index (χ3n) is 4.31. The number of rotatable bonds is 3. The fraction of sp³-hybridized carbons (Fsp3) is 0.200. The van der Waals surface area contributed by atoms with Gasteiger partial charge in [-0.1, -0.05) is 28.1 Å². The molecule has 0 N–H and O–H groups in total. The second kappa shape index (κ2) is 8.43. The molecule has 1 saturated heterocycles. The van der Waals surface area contributed by atoms with Crippen LogP contribution in [0.5, 0.6) is 0 Å². The highest BCUT2D eigenvalue weighted by atomic mass is 79.9.